The van der Waals surface area contributed by atoms with Crippen LogP contribution in [0.1, 0.15) is 12.1 Å². The molecule has 0 fully saturated rings. The Kier molecular flexibility index (Phi) is 2.40. The first kappa shape index (κ1) is 9.49. The molecule has 68 valence electrons. The van der Waals surface area contributed by atoms with E-state index in [9.17, 15) is 17.2 Å². The van der Waals surface area contributed by atoms with Crippen LogP contribution in [0.3, 0.4) is 0 Å². The smallest absolute Gasteiger partial charge is 0.223 e. The average molecular weight is 214 g/mol. The van der Waals surface area contributed by atoms with Gasteiger partial charge in [-0.2, -0.15) is 0 Å². The number of hydrogen-bond donors (Lipinski definition) is 1. The first-order chi connectivity index (χ1) is 5.41. The number of rotatable bonds is 2. The van der Waals surface area contributed by atoms with Crippen molar-refractivity contribution in [2.45, 2.75) is 10.8 Å². The molecule has 1 aromatic heterocycles. The van der Waals surface area contributed by atoms with E-state index in [2.05, 4.69) is 10.1 Å². The van der Waals surface area contributed by atoms with Gasteiger partial charge >= 0.3 is 0 Å². The van der Waals surface area contributed by atoms with Gasteiger partial charge in [0.15, 0.2) is 0 Å². The summed E-state index contributed by atoms with van der Waals surface area (Å²) in [4.78, 5) is 3.14. The second-order valence-corrected chi connectivity index (χ2v) is 4.48. The number of aromatic nitrogens is 1. The number of sulfonamides is 1. The first-order valence-corrected chi connectivity index (χ1v) is 5.10. The van der Waals surface area contributed by atoms with Crippen molar-refractivity contribution < 1.29 is 17.2 Å². The van der Waals surface area contributed by atoms with Gasteiger partial charge in [-0.25, -0.2) is 27.3 Å². The van der Waals surface area contributed by atoms with Crippen molar-refractivity contribution in [2.24, 2.45) is 5.14 Å². The van der Waals surface area contributed by atoms with Crippen LogP contribution in [0, 0.1) is 0 Å². The monoisotopic (exact) mass is 214 g/mol. The van der Waals surface area contributed by atoms with Crippen LogP contribution in [-0.2, 0) is 10.0 Å². The lowest BCUT2D eigenvalue weighted by Gasteiger charge is -1.89. The molecule has 0 aliphatic carbocycles. The maximum atomic E-state index is 11.9. The molecule has 0 saturated carbocycles. The Morgan fingerprint density at radius 1 is 1.58 bits per heavy atom. The van der Waals surface area contributed by atoms with Crippen LogP contribution in [0.15, 0.2) is 9.72 Å². The van der Waals surface area contributed by atoms with Crippen molar-refractivity contribution in [2.75, 3.05) is 0 Å². The predicted molar refractivity (Wildman–Crippen MR) is 38.4 cm³/mol. The van der Waals surface area contributed by atoms with Gasteiger partial charge in [-0.1, -0.05) is 0 Å². The zero-order chi connectivity index (χ0) is 9.35. The van der Waals surface area contributed by atoms with Crippen LogP contribution in [0.5, 0.6) is 0 Å². The van der Waals surface area contributed by atoms with E-state index in [1.54, 1.807) is 0 Å². The van der Waals surface area contributed by atoms with Crippen molar-refractivity contribution in [1.29, 1.82) is 0 Å². The van der Waals surface area contributed by atoms with Gasteiger partial charge in [-0.3, -0.25) is 0 Å². The minimum Gasteiger partial charge on any atom is -0.223 e. The molecule has 0 saturated heterocycles. The molecule has 0 bridgehead atoms. The summed E-state index contributed by atoms with van der Waals surface area (Å²) in [7, 11) is -3.94. The Morgan fingerprint density at radius 3 is 2.42 bits per heavy atom. The molecule has 0 atom stereocenters. The number of nitrogens with zero attached hydrogens (tertiary/aromatic N) is 1. The van der Waals surface area contributed by atoms with Crippen molar-refractivity contribution >= 4 is 21.4 Å². The zero-order valence-electron chi connectivity index (χ0n) is 5.57. The maximum Gasteiger partial charge on any atom is 0.281 e. The molecule has 0 spiro atoms. The van der Waals surface area contributed by atoms with Crippen molar-refractivity contribution in [3.63, 3.8) is 0 Å². The van der Waals surface area contributed by atoms with Crippen LogP contribution in [0.4, 0.5) is 8.78 Å². The minimum atomic E-state index is -3.94. The number of thiazole rings is 1. The molecule has 1 aromatic rings. The summed E-state index contributed by atoms with van der Waals surface area (Å²) in [6.07, 6.45) is -2.77. The largest absolute Gasteiger partial charge is 0.281 e. The summed E-state index contributed by atoms with van der Waals surface area (Å²) in [5.41, 5.74) is -0.566. The molecule has 12 heavy (non-hydrogen) atoms. The van der Waals surface area contributed by atoms with E-state index < -0.39 is 26.5 Å². The highest BCUT2D eigenvalue weighted by molar-refractivity contribution is 7.91. The molecule has 1 rings (SSSR count). The molecular formula is C4H4F2N2O2S2. The van der Waals surface area contributed by atoms with Crippen LogP contribution in [0.2, 0.25) is 0 Å². The van der Waals surface area contributed by atoms with Gasteiger partial charge in [0.05, 0.1) is 0 Å². The SMILES string of the molecule is NS(=O)(=O)c1nc(C(F)F)cs1. The molecule has 0 unspecified atom stereocenters. The molecule has 2 N–H and O–H groups in total. The highest BCUT2D eigenvalue weighted by Gasteiger charge is 2.17. The number of alkyl halides is 2. The van der Waals surface area contributed by atoms with Gasteiger partial charge in [0, 0.05) is 5.38 Å². The maximum absolute atomic E-state index is 11.9. The third-order valence-corrected chi connectivity index (χ3v) is 3.18. The Balaban J connectivity index is 3.09. The summed E-state index contributed by atoms with van der Waals surface area (Å²) in [5, 5.41) is 5.61. The number of nitrogens with two attached hydrogens (primary N) is 1. The van der Waals surface area contributed by atoms with Crippen molar-refractivity contribution in [3.8, 4) is 0 Å². The van der Waals surface area contributed by atoms with Gasteiger partial charge in [0.25, 0.3) is 16.4 Å². The predicted octanol–water partition coefficient (Wildman–Crippen LogP) is 0.728. The number of halogens is 2. The quantitative estimate of drug-likeness (QED) is 0.788. The highest BCUT2D eigenvalue weighted by atomic mass is 32.2. The zero-order valence-corrected chi connectivity index (χ0v) is 7.20. The average Bonchev–Trinajstić information content (AvgIpc) is 2.30. The third kappa shape index (κ3) is 1.96. The van der Waals surface area contributed by atoms with Gasteiger partial charge in [0.2, 0.25) is 4.34 Å². The molecule has 0 radical (unpaired) electrons. The topological polar surface area (TPSA) is 73.1 Å². The van der Waals surface area contributed by atoms with E-state index in [-0.39, 0.29) is 0 Å². The van der Waals surface area contributed by atoms with Gasteiger partial charge in [-0.05, 0) is 0 Å². The highest BCUT2D eigenvalue weighted by Crippen LogP contribution is 2.22. The Hall–Kier alpha value is -0.600. The second kappa shape index (κ2) is 3.04. The number of primary sulfonamides is 1. The van der Waals surface area contributed by atoms with E-state index in [4.69, 9.17) is 0 Å². The normalized spacial score (nSPS) is 12.3. The molecule has 1 heterocycles. The van der Waals surface area contributed by atoms with E-state index in [0.717, 1.165) is 5.38 Å². The fourth-order valence-electron chi connectivity index (χ4n) is 0.500. The summed E-state index contributed by atoms with van der Waals surface area (Å²) < 4.78 is 44.4. The minimum absolute atomic E-state index is 0.488. The summed E-state index contributed by atoms with van der Waals surface area (Å²) in [6.45, 7) is 0. The van der Waals surface area contributed by atoms with Gasteiger partial charge in [0.1, 0.15) is 5.69 Å². The molecule has 0 aliphatic rings. The molecule has 4 nitrogen and oxygen atoms in total. The van der Waals surface area contributed by atoms with E-state index in [0.29, 0.717) is 11.3 Å². The second-order valence-electron chi connectivity index (χ2n) is 1.88. The summed E-state index contributed by atoms with van der Waals surface area (Å²) >= 11 is 0.581. The van der Waals surface area contributed by atoms with Crippen LogP contribution >= 0.6 is 11.3 Å². The Labute approximate surface area is 71.1 Å². The van der Waals surface area contributed by atoms with Crippen LogP contribution in [-0.4, -0.2) is 13.4 Å². The van der Waals surface area contributed by atoms with Gasteiger partial charge in [-0.15, -0.1) is 11.3 Å². The summed E-state index contributed by atoms with van der Waals surface area (Å²) in [5.74, 6) is 0. The Morgan fingerprint density at radius 2 is 2.17 bits per heavy atom. The van der Waals surface area contributed by atoms with Crippen LogP contribution in [0.25, 0.3) is 0 Å². The van der Waals surface area contributed by atoms with E-state index >= 15 is 0 Å². The lowest BCUT2D eigenvalue weighted by molar-refractivity contribution is 0.146. The molecule has 0 amide bonds. The fourth-order valence-corrected chi connectivity index (χ4v) is 1.95. The molecule has 8 heteroatoms. The summed E-state index contributed by atoms with van der Waals surface area (Å²) in [6, 6.07) is 0. The first-order valence-electron chi connectivity index (χ1n) is 2.67. The standard InChI is InChI=1S/C4H4F2N2O2S2/c5-3(6)2-1-11-4(8-2)12(7,9)10/h1,3H,(H2,7,9,10). The van der Waals surface area contributed by atoms with E-state index in [1.807, 2.05) is 0 Å². The molecular weight excluding hydrogens is 210 g/mol. The fraction of sp³-hybridized carbons (Fsp3) is 0.250. The lowest BCUT2D eigenvalue weighted by Crippen LogP contribution is -2.11. The number of hydrogen-bond acceptors (Lipinski definition) is 4. The van der Waals surface area contributed by atoms with Crippen LogP contribution < -0.4 is 5.14 Å². The molecule has 0 aromatic carbocycles. The third-order valence-electron chi connectivity index (χ3n) is 0.968. The lowest BCUT2D eigenvalue weighted by atomic mass is 10.5. The van der Waals surface area contributed by atoms with Gasteiger partial charge < -0.3 is 0 Å². The van der Waals surface area contributed by atoms with Crippen molar-refractivity contribution in [3.05, 3.63) is 11.1 Å². The molecule has 0 aliphatic heterocycles. The van der Waals surface area contributed by atoms with Crippen molar-refractivity contribution in [1.82, 2.24) is 4.98 Å². The van der Waals surface area contributed by atoms with E-state index in [1.165, 1.54) is 0 Å². The Bertz CT molecular complexity index is 372.